The lowest BCUT2D eigenvalue weighted by Gasteiger charge is -1.92. The topological polar surface area (TPSA) is 98.6 Å². The van der Waals surface area contributed by atoms with E-state index in [0.717, 1.165) is 11.5 Å². The van der Waals surface area contributed by atoms with Gasteiger partial charge in [0, 0.05) is 11.5 Å². The number of nitrogens with two attached hydrogens (primary N) is 1. The van der Waals surface area contributed by atoms with Crippen molar-refractivity contribution in [1.82, 2.24) is 4.37 Å². The van der Waals surface area contributed by atoms with E-state index in [2.05, 4.69) is 4.37 Å². The highest BCUT2D eigenvalue weighted by atomic mass is 32.1. The maximum atomic E-state index is 10.7. The van der Waals surface area contributed by atoms with Gasteiger partial charge in [-0.25, -0.2) is 4.79 Å². The van der Waals surface area contributed by atoms with Crippen molar-refractivity contribution in [3.8, 4) is 5.88 Å². The second-order valence-electron chi connectivity index (χ2n) is 2.50. The first kappa shape index (κ1) is 8.82. The van der Waals surface area contributed by atoms with Crippen LogP contribution in [0.5, 0.6) is 5.88 Å². The number of carbonyl (C=O) groups is 1. The summed E-state index contributed by atoms with van der Waals surface area (Å²) in [5.74, 6) is -1.18. The first-order chi connectivity index (χ1) is 6.65. The normalized spacial score (nSPS) is 10.6. The molecule has 0 saturated carbocycles. The number of aromatic nitrogens is 1. The Balaban J connectivity index is 2.75. The molecule has 0 unspecified atom stereocenters. The number of nitrogens with zero attached hydrogens (tertiary/aromatic N) is 1. The van der Waals surface area contributed by atoms with Gasteiger partial charge in [0.05, 0.1) is 7.11 Å². The first-order valence-corrected chi connectivity index (χ1v) is 4.37. The molecule has 2 aromatic heterocycles. The van der Waals surface area contributed by atoms with E-state index in [0.29, 0.717) is 16.2 Å². The highest BCUT2D eigenvalue weighted by Gasteiger charge is 2.22. The molecule has 3 N–H and O–H groups in total. The fraction of sp³-hybridized carbons (Fsp3) is 0.143. The Hall–Kier alpha value is -1.76. The van der Waals surface area contributed by atoms with Gasteiger partial charge in [0.1, 0.15) is 11.1 Å². The lowest BCUT2D eigenvalue weighted by atomic mass is 10.3. The van der Waals surface area contributed by atoms with E-state index in [4.69, 9.17) is 20.0 Å². The minimum absolute atomic E-state index is 0.0538. The van der Waals surface area contributed by atoms with Gasteiger partial charge < -0.3 is 20.0 Å². The maximum Gasteiger partial charge on any atom is 0.374 e. The number of hydrogen-bond acceptors (Lipinski definition) is 6. The monoisotopic (exact) mass is 214 g/mol. The molecule has 7 heteroatoms. The van der Waals surface area contributed by atoms with Gasteiger partial charge in [-0.05, 0) is 0 Å². The fourth-order valence-corrected chi connectivity index (χ4v) is 1.86. The Labute approximate surface area is 82.0 Å². The number of carboxylic acids is 1. The molecule has 14 heavy (non-hydrogen) atoms. The van der Waals surface area contributed by atoms with Gasteiger partial charge in [0.2, 0.25) is 16.5 Å². The number of carboxylic acid groups (broad SMARTS) is 1. The van der Waals surface area contributed by atoms with Gasteiger partial charge in [-0.2, -0.15) is 4.37 Å². The van der Waals surface area contributed by atoms with Gasteiger partial charge in [-0.1, -0.05) is 0 Å². The van der Waals surface area contributed by atoms with Crippen LogP contribution in [0.3, 0.4) is 0 Å². The van der Waals surface area contributed by atoms with Crippen LogP contribution < -0.4 is 10.5 Å². The summed E-state index contributed by atoms with van der Waals surface area (Å²) >= 11 is 1.01. The zero-order chi connectivity index (χ0) is 10.3. The van der Waals surface area contributed by atoms with E-state index in [9.17, 15) is 4.79 Å². The summed E-state index contributed by atoms with van der Waals surface area (Å²) in [6, 6.07) is 0. The predicted molar refractivity (Wildman–Crippen MR) is 49.8 cm³/mol. The third-order valence-electron chi connectivity index (χ3n) is 1.73. The van der Waals surface area contributed by atoms with Gasteiger partial charge >= 0.3 is 5.97 Å². The molecule has 0 spiro atoms. The number of fused-ring (bicyclic) bond motifs is 1. The smallest absolute Gasteiger partial charge is 0.374 e. The number of anilines is 1. The number of rotatable bonds is 2. The predicted octanol–water partition coefficient (Wildman–Crippen LogP) is 1.18. The minimum Gasteiger partial charge on any atom is -0.480 e. The van der Waals surface area contributed by atoms with Crippen molar-refractivity contribution in [3.63, 3.8) is 0 Å². The molecule has 6 nitrogen and oxygen atoms in total. The zero-order valence-corrected chi connectivity index (χ0v) is 7.92. The Kier molecular flexibility index (Phi) is 1.81. The molecule has 0 bridgehead atoms. The number of furan rings is 1. The Bertz CT molecular complexity index is 501. The summed E-state index contributed by atoms with van der Waals surface area (Å²) in [6.45, 7) is 0. The van der Waals surface area contributed by atoms with E-state index in [1.807, 2.05) is 0 Å². The van der Waals surface area contributed by atoms with Crippen LogP contribution in [-0.2, 0) is 0 Å². The molecular weight excluding hydrogens is 208 g/mol. The summed E-state index contributed by atoms with van der Waals surface area (Å²) in [5, 5.41) is 9.14. The molecule has 0 aliphatic heterocycles. The van der Waals surface area contributed by atoms with Crippen LogP contribution in [0.25, 0.3) is 10.3 Å². The van der Waals surface area contributed by atoms with Crippen LogP contribution in [0.2, 0.25) is 0 Å². The molecule has 74 valence electrons. The first-order valence-electron chi connectivity index (χ1n) is 3.60. The van der Waals surface area contributed by atoms with Crippen molar-refractivity contribution in [2.45, 2.75) is 0 Å². The number of hydrogen-bond donors (Lipinski definition) is 2. The molecule has 0 saturated heterocycles. The van der Waals surface area contributed by atoms with Gasteiger partial charge in [0.15, 0.2) is 0 Å². The molecule has 2 aromatic rings. The molecule has 0 radical (unpaired) electrons. The van der Waals surface area contributed by atoms with E-state index >= 15 is 0 Å². The Morgan fingerprint density at radius 1 is 1.71 bits per heavy atom. The molecule has 2 heterocycles. The molecule has 0 aromatic carbocycles. The van der Waals surface area contributed by atoms with Crippen LogP contribution in [-0.4, -0.2) is 22.6 Å². The molecule has 0 amide bonds. The fourth-order valence-electron chi connectivity index (χ4n) is 1.12. The van der Waals surface area contributed by atoms with Gasteiger partial charge in [-0.15, -0.1) is 0 Å². The molecule has 2 rings (SSSR count). The van der Waals surface area contributed by atoms with Crippen molar-refractivity contribution < 1.29 is 19.1 Å². The van der Waals surface area contributed by atoms with Crippen molar-refractivity contribution >= 4 is 33.5 Å². The lowest BCUT2D eigenvalue weighted by molar-refractivity contribution is 0.0667. The highest BCUT2D eigenvalue weighted by Crippen LogP contribution is 2.37. The minimum atomic E-state index is -1.20. The quantitative estimate of drug-likeness (QED) is 0.778. The van der Waals surface area contributed by atoms with Gasteiger partial charge in [-0.3, -0.25) is 0 Å². The van der Waals surface area contributed by atoms with Crippen molar-refractivity contribution in [1.29, 1.82) is 0 Å². The third kappa shape index (κ3) is 1.02. The number of nitrogen functional groups attached to an aromatic ring is 1. The van der Waals surface area contributed by atoms with Crippen molar-refractivity contribution in [2.75, 3.05) is 12.8 Å². The Morgan fingerprint density at radius 2 is 2.43 bits per heavy atom. The third-order valence-corrected chi connectivity index (χ3v) is 2.44. The largest absolute Gasteiger partial charge is 0.480 e. The molecule has 0 aliphatic carbocycles. The van der Waals surface area contributed by atoms with E-state index in [1.165, 1.54) is 7.11 Å². The van der Waals surface area contributed by atoms with Crippen LogP contribution in [0, 0.1) is 0 Å². The lowest BCUT2D eigenvalue weighted by Crippen LogP contribution is -1.98. The van der Waals surface area contributed by atoms with Crippen LogP contribution in [0.15, 0.2) is 4.42 Å². The maximum absolute atomic E-state index is 10.7. The number of methoxy groups -OCH3 is 1. The molecular formula is C7H6N2O4S. The zero-order valence-electron chi connectivity index (χ0n) is 7.10. The van der Waals surface area contributed by atoms with E-state index in [1.54, 1.807) is 0 Å². The summed E-state index contributed by atoms with van der Waals surface area (Å²) in [6.07, 6.45) is 0. The van der Waals surface area contributed by atoms with E-state index in [-0.39, 0.29) is 11.4 Å². The average Bonchev–Trinajstić information content (AvgIpc) is 2.66. The summed E-state index contributed by atoms with van der Waals surface area (Å²) in [5.41, 5.74) is 5.63. The second kappa shape index (κ2) is 2.88. The molecule has 0 atom stereocenters. The summed E-state index contributed by atoms with van der Waals surface area (Å²) in [4.78, 5) is 11.0. The molecule has 0 fully saturated rings. The number of ether oxygens (including phenoxy) is 1. The summed E-state index contributed by atoms with van der Waals surface area (Å²) < 4.78 is 13.8. The van der Waals surface area contributed by atoms with Gasteiger partial charge in [0.25, 0.3) is 0 Å². The second-order valence-corrected chi connectivity index (χ2v) is 3.24. The van der Waals surface area contributed by atoms with Crippen molar-refractivity contribution in [2.24, 2.45) is 0 Å². The highest BCUT2D eigenvalue weighted by molar-refractivity contribution is 7.13. The SMILES string of the molecule is COc1nsc2oc(C(=O)O)c(N)c12. The van der Waals surface area contributed by atoms with Crippen LogP contribution >= 0.6 is 11.5 Å². The van der Waals surface area contributed by atoms with Crippen LogP contribution in [0.4, 0.5) is 5.69 Å². The van der Waals surface area contributed by atoms with Crippen LogP contribution in [0.1, 0.15) is 10.6 Å². The standard InChI is InChI=1S/C7H6N2O4S/c1-12-5-2-3(8)4(6(10)11)13-7(2)14-9-5/h8H2,1H3,(H,10,11). The number of aromatic carboxylic acids is 1. The average molecular weight is 214 g/mol. The Morgan fingerprint density at radius 3 is 3.00 bits per heavy atom. The molecule has 0 aliphatic rings. The van der Waals surface area contributed by atoms with E-state index < -0.39 is 5.97 Å². The summed E-state index contributed by atoms with van der Waals surface area (Å²) in [7, 11) is 1.43. The van der Waals surface area contributed by atoms with Crippen molar-refractivity contribution in [3.05, 3.63) is 5.76 Å².